The van der Waals surface area contributed by atoms with Crippen molar-refractivity contribution in [1.29, 1.82) is 0 Å². The molecule has 7 nitrogen and oxygen atoms in total. The van der Waals surface area contributed by atoms with Crippen LogP contribution in [-0.2, 0) is 31.8 Å². The van der Waals surface area contributed by atoms with Gasteiger partial charge in [0.1, 0.15) is 17.3 Å². The van der Waals surface area contributed by atoms with Crippen molar-refractivity contribution in [3.8, 4) is 33.8 Å². The summed E-state index contributed by atoms with van der Waals surface area (Å²) in [5.41, 5.74) is 7.32. The van der Waals surface area contributed by atoms with Crippen LogP contribution < -0.4 is 9.47 Å². The molecule has 0 N–H and O–H groups in total. The van der Waals surface area contributed by atoms with E-state index in [1.165, 1.54) is 12.1 Å². The summed E-state index contributed by atoms with van der Waals surface area (Å²) in [5, 5.41) is 0. The number of esters is 1. The quantitative estimate of drug-likeness (QED) is 0.127. The maximum Gasteiger partial charge on any atom is 0.340 e. The van der Waals surface area contributed by atoms with Gasteiger partial charge in [-0.2, -0.15) is 0 Å². The van der Waals surface area contributed by atoms with E-state index in [-0.39, 0.29) is 11.9 Å². The van der Waals surface area contributed by atoms with Gasteiger partial charge in [-0.3, -0.25) is 4.98 Å². The van der Waals surface area contributed by atoms with E-state index in [9.17, 15) is 9.18 Å². The van der Waals surface area contributed by atoms with Crippen LogP contribution in [0.2, 0.25) is 0 Å². The molecule has 8 heteroatoms. The summed E-state index contributed by atoms with van der Waals surface area (Å²) >= 11 is 0. The van der Waals surface area contributed by atoms with Gasteiger partial charge in [-0.1, -0.05) is 36.4 Å². The van der Waals surface area contributed by atoms with Gasteiger partial charge in [0.05, 0.1) is 30.6 Å². The molecule has 0 bridgehead atoms. The highest BCUT2D eigenvalue weighted by atomic mass is 19.1. The van der Waals surface area contributed by atoms with Gasteiger partial charge in [0, 0.05) is 36.5 Å². The fourth-order valence-corrected chi connectivity index (χ4v) is 7.17. The van der Waals surface area contributed by atoms with E-state index in [0.29, 0.717) is 36.8 Å². The van der Waals surface area contributed by atoms with Crippen LogP contribution in [0, 0.1) is 18.7 Å². The molecule has 0 aliphatic carbocycles. The highest BCUT2D eigenvalue weighted by molar-refractivity contribution is 5.94. The van der Waals surface area contributed by atoms with Crippen molar-refractivity contribution in [2.45, 2.75) is 97.9 Å². The highest BCUT2D eigenvalue weighted by Crippen LogP contribution is 2.45. The van der Waals surface area contributed by atoms with Crippen molar-refractivity contribution in [1.82, 2.24) is 4.98 Å². The zero-order valence-corrected chi connectivity index (χ0v) is 32.6. The lowest BCUT2D eigenvalue weighted by molar-refractivity contribution is -0.171. The number of pyridine rings is 1. The van der Waals surface area contributed by atoms with Gasteiger partial charge in [-0.15, -0.1) is 0 Å². The monoisotopic (exact) mass is 735 g/mol. The first-order chi connectivity index (χ1) is 25.9. The molecule has 0 amide bonds. The lowest BCUT2D eigenvalue weighted by atomic mass is 9.85. The summed E-state index contributed by atoms with van der Waals surface area (Å²) in [6, 6.07) is 20.9. The van der Waals surface area contributed by atoms with Crippen LogP contribution in [-0.4, -0.2) is 49.1 Å². The number of fused-ring (bicyclic) bond motifs is 1. The van der Waals surface area contributed by atoms with Crippen LogP contribution >= 0.6 is 0 Å². The van der Waals surface area contributed by atoms with Crippen molar-refractivity contribution in [3.05, 3.63) is 107 Å². The molecular weight excluding hydrogens is 682 g/mol. The van der Waals surface area contributed by atoms with Crippen LogP contribution in [0.25, 0.3) is 28.3 Å². The molecular formula is C46H54FNO6. The standard InChI is InChI=1S/C46H54FNO6/c1-30(2)53-45(49)44(54-46(4,5)6)41-31(3)48-39(11-7-9-32-22-26-50-27-23-32)42(43(41)36-16-21-40-35(29-36)10-8-25-52-40)34-14-19-38(20-15-34)51-28-24-33-12-17-37(47)18-13-33/h7,11-21,29-30,32,44H,8-10,22-28H2,1-6H3. The zero-order chi connectivity index (χ0) is 38.2. The maximum atomic E-state index is 14.1. The third-order valence-electron chi connectivity index (χ3n) is 9.75. The van der Waals surface area contributed by atoms with E-state index in [1.807, 2.05) is 59.7 Å². The van der Waals surface area contributed by atoms with E-state index < -0.39 is 17.7 Å². The third kappa shape index (κ3) is 10.2. The van der Waals surface area contributed by atoms with Crippen LogP contribution in [0.3, 0.4) is 0 Å². The number of halogens is 1. The first kappa shape index (κ1) is 39.2. The summed E-state index contributed by atoms with van der Waals surface area (Å²) in [7, 11) is 0. The van der Waals surface area contributed by atoms with Crippen LogP contribution in [0.5, 0.6) is 11.5 Å². The first-order valence-electron chi connectivity index (χ1n) is 19.4. The number of benzene rings is 3. The largest absolute Gasteiger partial charge is 0.493 e. The average Bonchev–Trinajstić information content (AvgIpc) is 3.14. The molecule has 3 aromatic carbocycles. The molecule has 0 saturated carbocycles. The Balaban J connectivity index is 1.49. The maximum absolute atomic E-state index is 14.1. The molecule has 1 atom stereocenters. The minimum atomic E-state index is -1.03. The molecule has 0 radical (unpaired) electrons. The molecule has 2 aliphatic rings. The Hall–Kier alpha value is -4.53. The lowest BCUT2D eigenvalue weighted by Crippen LogP contribution is -2.31. The fourth-order valence-electron chi connectivity index (χ4n) is 7.17. The first-order valence-corrected chi connectivity index (χ1v) is 19.4. The van der Waals surface area contributed by atoms with Gasteiger partial charge in [0.15, 0.2) is 6.10 Å². The zero-order valence-electron chi connectivity index (χ0n) is 32.6. The predicted octanol–water partition coefficient (Wildman–Crippen LogP) is 10.4. The number of carbonyl (C=O) groups excluding carboxylic acids is 1. The Labute approximate surface area is 319 Å². The number of rotatable bonds is 13. The molecule has 1 fully saturated rings. The Kier molecular flexibility index (Phi) is 12.9. The Morgan fingerprint density at radius 1 is 0.963 bits per heavy atom. The van der Waals surface area contributed by atoms with Crippen molar-refractivity contribution in [2.24, 2.45) is 5.92 Å². The Morgan fingerprint density at radius 2 is 1.69 bits per heavy atom. The Bertz CT molecular complexity index is 1910. The number of hydrogen-bond acceptors (Lipinski definition) is 7. The van der Waals surface area contributed by atoms with Crippen molar-refractivity contribution in [3.63, 3.8) is 0 Å². The van der Waals surface area contributed by atoms with E-state index in [0.717, 1.165) is 95.9 Å². The molecule has 0 spiro atoms. The topological polar surface area (TPSA) is 76.1 Å². The molecule has 4 aromatic rings. The van der Waals surface area contributed by atoms with Gasteiger partial charge in [-0.25, -0.2) is 9.18 Å². The molecule has 1 aromatic heterocycles. The number of hydrogen-bond donors (Lipinski definition) is 0. The smallest absolute Gasteiger partial charge is 0.340 e. The summed E-state index contributed by atoms with van der Waals surface area (Å²) < 4.78 is 43.7. The molecule has 1 unspecified atom stereocenters. The van der Waals surface area contributed by atoms with Crippen molar-refractivity contribution in [2.75, 3.05) is 26.4 Å². The summed E-state index contributed by atoms with van der Waals surface area (Å²) in [6.45, 7) is 14.2. The SMILES string of the molecule is Cc1nc(C=CCC2CCOCC2)c(-c2ccc(OCCc3ccc(F)cc3)cc2)c(-c2ccc3c(c2)CCCO3)c1C(OC(C)(C)C)C(=O)OC(C)C. The summed E-state index contributed by atoms with van der Waals surface area (Å²) in [5.74, 6) is 1.46. The lowest BCUT2D eigenvalue weighted by Gasteiger charge is -2.31. The molecule has 1 saturated heterocycles. The number of allylic oxidation sites excluding steroid dienone is 1. The highest BCUT2D eigenvalue weighted by Gasteiger charge is 2.35. The van der Waals surface area contributed by atoms with Gasteiger partial charge in [0.2, 0.25) is 0 Å². The normalized spacial score (nSPS) is 15.6. The van der Waals surface area contributed by atoms with Gasteiger partial charge >= 0.3 is 5.97 Å². The fraction of sp³-hybridized carbons (Fsp3) is 0.435. The van der Waals surface area contributed by atoms with Crippen molar-refractivity contribution >= 4 is 12.0 Å². The minimum absolute atomic E-state index is 0.252. The summed E-state index contributed by atoms with van der Waals surface area (Å²) in [6.07, 6.45) is 8.49. The van der Waals surface area contributed by atoms with E-state index >= 15 is 0 Å². The van der Waals surface area contributed by atoms with Gasteiger partial charge in [-0.05, 0) is 150 Å². The number of nitrogens with zero attached hydrogens (tertiary/aromatic N) is 1. The Morgan fingerprint density at radius 3 is 2.39 bits per heavy atom. The second-order valence-electron chi connectivity index (χ2n) is 15.6. The van der Waals surface area contributed by atoms with E-state index in [1.54, 1.807) is 12.1 Å². The number of ether oxygens (including phenoxy) is 5. The number of carbonyl (C=O) groups is 1. The van der Waals surface area contributed by atoms with E-state index in [4.69, 9.17) is 28.7 Å². The van der Waals surface area contributed by atoms with Gasteiger partial charge < -0.3 is 23.7 Å². The second-order valence-corrected chi connectivity index (χ2v) is 15.6. The predicted molar refractivity (Wildman–Crippen MR) is 211 cm³/mol. The van der Waals surface area contributed by atoms with Crippen LogP contribution in [0.4, 0.5) is 4.39 Å². The molecule has 3 heterocycles. The van der Waals surface area contributed by atoms with Gasteiger partial charge in [0.25, 0.3) is 0 Å². The molecule has 54 heavy (non-hydrogen) atoms. The summed E-state index contributed by atoms with van der Waals surface area (Å²) in [4.78, 5) is 19.3. The molecule has 2 aliphatic heterocycles. The average molecular weight is 736 g/mol. The third-order valence-corrected chi connectivity index (χ3v) is 9.75. The minimum Gasteiger partial charge on any atom is -0.493 e. The van der Waals surface area contributed by atoms with Crippen molar-refractivity contribution < 1.29 is 32.9 Å². The second kappa shape index (κ2) is 17.7. The van der Waals surface area contributed by atoms with E-state index in [2.05, 4.69) is 36.4 Å². The van der Waals surface area contributed by atoms with Crippen LogP contribution in [0.1, 0.15) is 94.5 Å². The van der Waals surface area contributed by atoms with Crippen LogP contribution in [0.15, 0.2) is 72.8 Å². The molecule has 6 rings (SSSR count). The number of aromatic nitrogens is 1. The molecule has 286 valence electrons. The number of aryl methyl sites for hydroxylation is 2.